The Morgan fingerprint density at radius 3 is 2.39 bits per heavy atom. The number of aromatic nitrogens is 1. The molecule has 1 aliphatic rings. The number of benzene rings is 1. The normalized spacial score (nSPS) is 14.9. The average Bonchev–Trinajstić information content (AvgIpc) is 2.75. The van der Waals surface area contributed by atoms with Gasteiger partial charge in [-0.1, -0.05) is 6.07 Å². The fraction of sp³-hybridized carbons (Fsp3) is 0.350. The lowest BCUT2D eigenvalue weighted by Gasteiger charge is -2.35. The van der Waals surface area contributed by atoms with Crippen LogP contribution in [0.1, 0.15) is 6.92 Å². The van der Waals surface area contributed by atoms with Gasteiger partial charge < -0.3 is 25.2 Å². The molecule has 1 saturated heterocycles. The monoisotopic (exact) mass is 383 g/mol. The van der Waals surface area contributed by atoms with Crippen LogP contribution in [-0.4, -0.2) is 61.2 Å². The largest absolute Gasteiger partial charge is 0.497 e. The van der Waals surface area contributed by atoms with Crippen LogP contribution in [-0.2, 0) is 4.79 Å². The molecule has 8 heteroatoms. The van der Waals surface area contributed by atoms with Gasteiger partial charge in [0.15, 0.2) is 0 Å². The molecule has 0 saturated carbocycles. The number of pyridine rings is 1. The summed E-state index contributed by atoms with van der Waals surface area (Å²) in [7, 11) is 1.58. The van der Waals surface area contributed by atoms with Gasteiger partial charge >= 0.3 is 6.03 Å². The molecule has 28 heavy (non-hydrogen) atoms. The highest BCUT2D eigenvalue weighted by Gasteiger charge is 2.24. The number of amides is 3. The third-order valence-corrected chi connectivity index (χ3v) is 4.63. The molecule has 0 bridgehead atoms. The van der Waals surface area contributed by atoms with Gasteiger partial charge in [-0.15, -0.1) is 0 Å². The smallest absolute Gasteiger partial charge is 0.318 e. The molecule has 0 spiro atoms. The van der Waals surface area contributed by atoms with E-state index in [2.05, 4.69) is 20.5 Å². The first-order valence-corrected chi connectivity index (χ1v) is 9.23. The SMILES string of the molecule is COc1ccc(NC(=O)[C@@H](C)NC(=O)N2CCN(c3ccccn3)CC2)cc1. The lowest BCUT2D eigenvalue weighted by Crippen LogP contribution is -2.54. The lowest BCUT2D eigenvalue weighted by molar-refractivity contribution is -0.117. The highest BCUT2D eigenvalue weighted by molar-refractivity contribution is 5.96. The van der Waals surface area contributed by atoms with E-state index in [-0.39, 0.29) is 11.9 Å². The zero-order chi connectivity index (χ0) is 19.9. The Hall–Kier alpha value is -3.29. The van der Waals surface area contributed by atoms with Crippen molar-refractivity contribution in [1.29, 1.82) is 0 Å². The number of anilines is 2. The molecule has 0 radical (unpaired) electrons. The molecule has 8 nitrogen and oxygen atoms in total. The minimum absolute atomic E-state index is 0.238. The molecule has 1 atom stereocenters. The van der Waals surface area contributed by atoms with Crippen molar-refractivity contribution in [2.75, 3.05) is 43.5 Å². The predicted molar refractivity (Wildman–Crippen MR) is 108 cm³/mol. The molecule has 1 aromatic heterocycles. The van der Waals surface area contributed by atoms with Gasteiger partial charge in [0.05, 0.1) is 7.11 Å². The first-order valence-electron chi connectivity index (χ1n) is 9.23. The Morgan fingerprint density at radius 1 is 1.07 bits per heavy atom. The molecule has 2 heterocycles. The maximum Gasteiger partial charge on any atom is 0.318 e. The number of nitrogens with zero attached hydrogens (tertiary/aromatic N) is 3. The molecular formula is C20H25N5O3. The highest BCUT2D eigenvalue weighted by Crippen LogP contribution is 2.15. The summed E-state index contributed by atoms with van der Waals surface area (Å²) in [6.45, 7) is 4.24. The van der Waals surface area contributed by atoms with Crippen LogP contribution in [0.25, 0.3) is 0 Å². The van der Waals surface area contributed by atoms with Crippen molar-refractivity contribution in [1.82, 2.24) is 15.2 Å². The van der Waals surface area contributed by atoms with Crippen molar-refractivity contribution < 1.29 is 14.3 Å². The molecule has 2 N–H and O–H groups in total. The second-order valence-corrected chi connectivity index (χ2v) is 6.55. The summed E-state index contributed by atoms with van der Waals surface area (Å²) in [4.78, 5) is 33.0. The van der Waals surface area contributed by atoms with Crippen LogP contribution in [0.3, 0.4) is 0 Å². The summed E-state index contributed by atoms with van der Waals surface area (Å²) in [5.41, 5.74) is 0.649. The van der Waals surface area contributed by atoms with Gasteiger partial charge in [-0.3, -0.25) is 4.79 Å². The van der Waals surface area contributed by atoms with E-state index in [4.69, 9.17) is 4.74 Å². The van der Waals surface area contributed by atoms with Gasteiger partial charge in [0.2, 0.25) is 5.91 Å². The summed E-state index contributed by atoms with van der Waals surface area (Å²) in [5.74, 6) is 1.35. The fourth-order valence-electron chi connectivity index (χ4n) is 2.95. The van der Waals surface area contributed by atoms with E-state index in [0.29, 0.717) is 37.6 Å². The molecule has 2 aromatic rings. The van der Waals surface area contributed by atoms with E-state index in [1.54, 1.807) is 49.4 Å². The number of carbonyl (C=O) groups is 2. The van der Waals surface area contributed by atoms with Gasteiger partial charge in [-0.2, -0.15) is 0 Å². The number of ether oxygens (including phenoxy) is 1. The van der Waals surface area contributed by atoms with Crippen molar-refractivity contribution >= 4 is 23.4 Å². The molecular weight excluding hydrogens is 358 g/mol. The third-order valence-electron chi connectivity index (χ3n) is 4.63. The number of piperazine rings is 1. The summed E-state index contributed by atoms with van der Waals surface area (Å²) < 4.78 is 5.09. The Morgan fingerprint density at radius 2 is 1.79 bits per heavy atom. The number of hydrogen-bond donors (Lipinski definition) is 2. The van der Waals surface area contributed by atoms with E-state index < -0.39 is 6.04 Å². The number of urea groups is 1. The van der Waals surface area contributed by atoms with Crippen molar-refractivity contribution in [2.45, 2.75) is 13.0 Å². The van der Waals surface area contributed by atoms with Gasteiger partial charge in [-0.25, -0.2) is 9.78 Å². The number of carbonyl (C=O) groups excluding carboxylic acids is 2. The number of methoxy groups -OCH3 is 1. The Kier molecular flexibility index (Phi) is 6.31. The number of nitrogens with one attached hydrogen (secondary N) is 2. The van der Waals surface area contributed by atoms with Crippen LogP contribution < -0.4 is 20.3 Å². The summed E-state index contributed by atoms with van der Waals surface area (Å²) in [5, 5.41) is 5.55. The number of hydrogen-bond acceptors (Lipinski definition) is 5. The Labute approximate surface area is 164 Å². The first-order chi connectivity index (χ1) is 13.6. The van der Waals surface area contributed by atoms with Crippen LogP contribution in [0.15, 0.2) is 48.7 Å². The second kappa shape index (κ2) is 9.07. The van der Waals surface area contributed by atoms with Crippen LogP contribution in [0.2, 0.25) is 0 Å². The van der Waals surface area contributed by atoms with Crippen LogP contribution in [0.4, 0.5) is 16.3 Å². The molecule has 1 fully saturated rings. The van der Waals surface area contributed by atoms with Gasteiger partial charge in [0, 0.05) is 38.1 Å². The van der Waals surface area contributed by atoms with Crippen LogP contribution in [0, 0.1) is 0 Å². The molecule has 0 aliphatic carbocycles. The Balaban J connectivity index is 1.46. The van der Waals surface area contributed by atoms with Crippen molar-refractivity contribution in [2.24, 2.45) is 0 Å². The quantitative estimate of drug-likeness (QED) is 0.824. The second-order valence-electron chi connectivity index (χ2n) is 6.55. The van der Waals surface area contributed by atoms with Crippen LogP contribution >= 0.6 is 0 Å². The van der Waals surface area contributed by atoms with E-state index in [9.17, 15) is 9.59 Å². The standard InChI is InChI=1S/C20H25N5O3/c1-15(19(26)23-16-6-8-17(28-2)9-7-16)22-20(27)25-13-11-24(12-14-25)18-5-3-4-10-21-18/h3-10,15H,11-14H2,1-2H3,(H,22,27)(H,23,26)/t15-/m1/s1. The van der Waals surface area contributed by atoms with Crippen molar-refractivity contribution in [3.05, 3.63) is 48.7 Å². The first kappa shape index (κ1) is 19.5. The van der Waals surface area contributed by atoms with E-state index in [0.717, 1.165) is 5.82 Å². The van der Waals surface area contributed by atoms with E-state index in [1.807, 2.05) is 18.2 Å². The molecule has 148 valence electrons. The van der Waals surface area contributed by atoms with Crippen LogP contribution in [0.5, 0.6) is 5.75 Å². The Bertz CT molecular complexity index is 789. The van der Waals surface area contributed by atoms with E-state index in [1.165, 1.54) is 0 Å². The lowest BCUT2D eigenvalue weighted by atomic mass is 10.2. The zero-order valence-electron chi connectivity index (χ0n) is 16.1. The van der Waals surface area contributed by atoms with Crippen molar-refractivity contribution in [3.63, 3.8) is 0 Å². The van der Waals surface area contributed by atoms with Gasteiger partial charge in [-0.05, 0) is 43.3 Å². The zero-order valence-corrected chi connectivity index (χ0v) is 16.1. The maximum atomic E-state index is 12.5. The van der Waals surface area contributed by atoms with Gasteiger partial charge in [0.25, 0.3) is 0 Å². The third kappa shape index (κ3) is 4.91. The maximum absolute atomic E-state index is 12.5. The molecule has 3 amide bonds. The summed E-state index contributed by atoms with van der Waals surface area (Å²) >= 11 is 0. The minimum Gasteiger partial charge on any atom is -0.497 e. The molecule has 1 aromatic carbocycles. The van der Waals surface area contributed by atoms with Gasteiger partial charge in [0.1, 0.15) is 17.6 Å². The van der Waals surface area contributed by atoms with E-state index >= 15 is 0 Å². The average molecular weight is 383 g/mol. The molecule has 3 rings (SSSR count). The molecule has 1 aliphatic heterocycles. The number of rotatable bonds is 5. The topological polar surface area (TPSA) is 86.8 Å². The summed E-state index contributed by atoms with van der Waals surface area (Å²) in [6.07, 6.45) is 1.76. The fourth-order valence-corrected chi connectivity index (χ4v) is 2.95. The van der Waals surface area contributed by atoms with Crippen molar-refractivity contribution in [3.8, 4) is 5.75 Å². The molecule has 0 unspecified atom stereocenters. The summed E-state index contributed by atoms with van der Waals surface area (Å²) in [6, 6.07) is 11.9. The minimum atomic E-state index is -0.650. The predicted octanol–water partition coefficient (Wildman–Crippen LogP) is 1.95. The highest BCUT2D eigenvalue weighted by atomic mass is 16.5.